The minimum Gasteiger partial charge on any atom is -0.870 e. The second-order valence-electron chi connectivity index (χ2n) is 13.2. The maximum absolute atomic E-state index is 13.1. The molecule has 0 unspecified atom stereocenters. The minimum absolute atomic E-state index is 0. The number of hydrogen-bond donors (Lipinski definition) is 7. The number of nitrogens with two attached hydrogens (primary N) is 2. The van der Waals surface area contributed by atoms with Gasteiger partial charge in [-0.1, -0.05) is 30.0 Å². The number of phenolic OH excluding ortho intramolecular Hbond substituents is 1. The van der Waals surface area contributed by atoms with Gasteiger partial charge in [0.1, 0.15) is 26.1 Å². The average molecular weight is 934 g/mol. The van der Waals surface area contributed by atoms with E-state index in [1.165, 1.54) is 78.9 Å². The number of aliphatic imine (C=N–C) groups is 1. The number of fused-ring (bicyclic) bond motifs is 2. The molecule has 0 saturated carbocycles. The SMILES string of the molecule is Nc1c(N=Nc2ccc(C(O)=Nc3ccc(N=Nc4ccc5c(S(=O)(=O)O)ccc(N)c5c4[O-])cc3)cc2)c(S(=O)(=O)O)cc2cc(S(=O)(=O)O)c(N=Nc3ccccc3)c(O)c12.[Na+]. The van der Waals surface area contributed by atoms with Crippen LogP contribution in [0.3, 0.4) is 0 Å². The molecule has 0 atom stereocenters. The zero-order valence-corrected chi connectivity index (χ0v) is 37.0. The number of hydrogen-bond acceptors (Lipinski definition) is 17. The number of anilines is 2. The number of aliphatic hydroxyl groups excluding tert-OH is 1. The van der Waals surface area contributed by atoms with Crippen LogP contribution in [0.4, 0.5) is 51.2 Å². The molecule has 0 aliphatic rings. The summed E-state index contributed by atoms with van der Waals surface area (Å²) >= 11 is 0. The number of rotatable bonds is 11. The molecule has 7 aromatic carbocycles. The number of benzene rings is 7. The molecule has 320 valence electrons. The number of azo groups is 3. The van der Waals surface area contributed by atoms with Crippen LogP contribution >= 0.6 is 0 Å². The Balaban J connectivity index is 0.00000680. The van der Waals surface area contributed by atoms with Gasteiger partial charge in [-0.3, -0.25) is 13.7 Å². The van der Waals surface area contributed by atoms with Crippen molar-refractivity contribution in [3.8, 4) is 11.5 Å². The molecular formula is C39H28N9NaO12S3. The zero-order valence-electron chi connectivity index (χ0n) is 32.6. The van der Waals surface area contributed by atoms with Crippen molar-refractivity contribution in [1.29, 1.82) is 0 Å². The summed E-state index contributed by atoms with van der Waals surface area (Å²) in [5.74, 6) is -2.07. The number of nitrogens with zero attached hydrogens (tertiary/aromatic N) is 7. The van der Waals surface area contributed by atoms with Crippen LogP contribution in [0, 0.1) is 0 Å². The number of phenols is 1. The summed E-state index contributed by atoms with van der Waals surface area (Å²) in [5, 5.41) is 57.7. The van der Waals surface area contributed by atoms with Crippen molar-refractivity contribution in [3.63, 3.8) is 0 Å². The predicted molar refractivity (Wildman–Crippen MR) is 228 cm³/mol. The van der Waals surface area contributed by atoms with Crippen molar-refractivity contribution in [1.82, 2.24) is 0 Å². The molecule has 0 bridgehead atoms. The average Bonchev–Trinajstić information content (AvgIpc) is 3.22. The van der Waals surface area contributed by atoms with E-state index in [4.69, 9.17) is 11.5 Å². The molecule has 0 fully saturated rings. The topological polar surface area (TPSA) is 365 Å². The van der Waals surface area contributed by atoms with E-state index >= 15 is 0 Å². The van der Waals surface area contributed by atoms with Gasteiger partial charge in [0, 0.05) is 22.0 Å². The van der Waals surface area contributed by atoms with E-state index in [2.05, 4.69) is 35.7 Å². The standard InChI is InChI=1S/C39H29N9O12S3.Na/c40-27-15-17-29(61(52,53)54)26-14-16-28(37(49)33(26)27)46-43-25-12-10-22(11-13-25)42-39(51)20-6-8-24(9-7-20)45-47-35-30(62(55,56)57)18-21-19-31(63(58,59)60)36(38(50)32(21)34(35)41)48-44-23-4-2-1-3-5-23;/h1-19,49-50H,40-41H2,(H,42,51)(H,52,53,54)(H,55,56,57)(H,58,59,60);/q;+1/p-1. The van der Waals surface area contributed by atoms with Crippen LogP contribution < -0.4 is 46.1 Å². The molecule has 0 saturated heterocycles. The monoisotopic (exact) mass is 933 g/mol. The molecule has 0 radical (unpaired) electrons. The molecule has 0 heterocycles. The zero-order chi connectivity index (χ0) is 45.4. The smallest absolute Gasteiger partial charge is 0.870 e. The van der Waals surface area contributed by atoms with Crippen LogP contribution in [0.5, 0.6) is 11.5 Å². The Labute approximate surface area is 384 Å². The Morgan fingerprint density at radius 2 is 1.05 bits per heavy atom. The second kappa shape index (κ2) is 18.2. The number of aliphatic hydroxyl groups is 1. The summed E-state index contributed by atoms with van der Waals surface area (Å²) in [5.41, 5.74) is 11.2. The molecule has 7 rings (SSSR count). The van der Waals surface area contributed by atoms with E-state index in [0.717, 1.165) is 18.2 Å². The summed E-state index contributed by atoms with van der Waals surface area (Å²) in [6.45, 7) is 0. The molecule has 9 N–H and O–H groups in total. The Kier molecular flexibility index (Phi) is 13.3. The van der Waals surface area contributed by atoms with Gasteiger partial charge in [-0.25, -0.2) is 4.99 Å². The Hall–Kier alpha value is -6.74. The Morgan fingerprint density at radius 3 is 1.62 bits per heavy atom. The predicted octanol–water partition coefficient (Wildman–Crippen LogP) is 5.56. The first-order valence-corrected chi connectivity index (χ1v) is 21.9. The molecule has 25 heteroatoms. The third-order valence-corrected chi connectivity index (χ3v) is 11.7. The van der Waals surface area contributed by atoms with Gasteiger partial charge in [0.15, 0.2) is 5.75 Å². The van der Waals surface area contributed by atoms with Crippen LogP contribution in [0.25, 0.3) is 21.5 Å². The van der Waals surface area contributed by atoms with Gasteiger partial charge in [-0.2, -0.15) is 45.7 Å². The molecule has 64 heavy (non-hydrogen) atoms. The summed E-state index contributed by atoms with van der Waals surface area (Å²) in [6.07, 6.45) is 0. The second-order valence-corrected chi connectivity index (χ2v) is 17.3. The third-order valence-electron chi connectivity index (χ3n) is 9.02. The van der Waals surface area contributed by atoms with Crippen molar-refractivity contribution in [2.45, 2.75) is 14.7 Å². The fourth-order valence-electron chi connectivity index (χ4n) is 6.09. The first-order valence-electron chi connectivity index (χ1n) is 17.6. The van der Waals surface area contributed by atoms with Crippen molar-refractivity contribution in [2.24, 2.45) is 35.7 Å². The summed E-state index contributed by atoms with van der Waals surface area (Å²) < 4.78 is 103. The molecule has 0 aliphatic heterocycles. The molecule has 21 nitrogen and oxygen atoms in total. The van der Waals surface area contributed by atoms with Crippen LogP contribution in [0.1, 0.15) is 5.56 Å². The number of nitrogen functional groups attached to an aromatic ring is 2. The van der Waals surface area contributed by atoms with Gasteiger partial charge in [-0.05, 0) is 96.4 Å². The van der Waals surface area contributed by atoms with E-state index in [1.807, 2.05) is 0 Å². The van der Waals surface area contributed by atoms with Crippen molar-refractivity contribution < 1.29 is 83.8 Å². The van der Waals surface area contributed by atoms with Gasteiger partial charge in [0.05, 0.1) is 39.5 Å². The van der Waals surface area contributed by atoms with Crippen LogP contribution in [-0.4, -0.2) is 55.0 Å². The van der Waals surface area contributed by atoms with Gasteiger partial charge in [-0.15, -0.1) is 10.2 Å². The van der Waals surface area contributed by atoms with Crippen molar-refractivity contribution in [2.75, 3.05) is 11.5 Å². The molecule has 0 amide bonds. The molecule has 7 aromatic rings. The van der Waals surface area contributed by atoms with Gasteiger partial charge >= 0.3 is 29.6 Å². The molecule has 0 aromatic heterocycles. The van der Waals surface area contributed by atoms with Crippen LogP contribution in [-0.2, 0) is 30.4 Å². The van der Waals surface area contributed by atoms with Gasteiger partial charge in [0.2, 0.25) is 5.90 Å². The van der Waals surface area contributed by atoms with Gasteiger partial charge < -0.3 is 26.8 Å². The fourth-order valence-corrected chi connectivity index (χ4v) is 8.11. The normalized spacial score (nSPS) is 12.8. The van der Waals surface area contributed by atoms with Crippen molar-refractivity contribution >= 4 is 109 Å². The van der Waals surface area contributed by atoms with Crippen LogP contribution in [0.15, 0.2) is 166 Å². The minimum atomic E-state index is -5.12. The van der Waals surface area contributed by atoms with E-state index in [9.17, 15) is 54.2 Å². The largest absolute Gasteiger partial charge is 1.00 e. The molecule has 0 spiro atoms. The van der Waals surface area contributed by atoms with Crippen molar-refractivity contribution in [3.05, 3.63) is 121 Å². The van der Waals surface area contributed by atoms with E-state index < -0.39 is 79.5 Å². The number of aromatic hydroxyl groups is 1. The Morgan fingerprint density at radius 1 is 0.547 bits per heavy atom. The molecular weight excluding hydrogens is 906 g/mol. The first kappa shape index (κ1) is 46.8. The van der Waals surface area contributed by atoms with Gasteiger partial charge in [0.25, 0.3) is 30.4 Å². The van der Waals surface area contributed by atoms with E-state index in [1.54, 1.807) is 18.2 Å². The molecule has 0 aliphatic carbocycles. The van der Waals surface area contributed by atoms with Crippen LogP contribution in [0.2, 0.25) is 0 Å². The summed E-state index contributed by atoms with van der Waals surface area (Å²) in [4.78, 5) is 1.80. The maximum Gasteiger partial charge on any atom is 1.00 e. The first-order chi connectivity index (χ1) is 29.7. The quantitative estimate of drug-likeness (QED) is 0.0208. The summed E-state index contributed by atoms with van der Waals surface area (Å²) in [7, 11) is -14.9. The fraction of sp³-hybridized carbons (Fsp3) is 0. The maximum atomic E-state index is 13.1. The van der Waals surface area contributed by atoms with E-state index in [0.29, 0.717) is 0 Å². The Bertz CT molecular complexity index is 3470. The third kappa shape index (κ3) is 9.89. The van der Waals surface area contributed by atoms with E-state index in [-0.39, 0.29) is 90.8 Å². The summed E-state index contributed by atoms with van der Waals surface area (Å²) in [6, 6.07) is 25.7.